The fourth-order valence-corrected chi connectivity index (χ4v) is 1.39. The second-order valence-corrected chi connectivity index (χ2v) is 3.92. The van der Waals surface area contributed by atoms with Crippen LogP contribution >= 0.6 is 12.2 Å². The van der Waals surface area contributed by atoms with Crippen molar-refractivity contribution in [2.75, 3.05) is 27.3 Å². The first-order valence-electron chi connectivity index (χ1n) is 5.09. The van der Waals surface area contributed by atoms with Crippen molar-refractivity contribution in [1.82, 2.24) is 19.8 Å². The third-order valence-electron chi connectivity index (χ3n) is 2.23. The Labute approximate surface area is 101 Å². The molecule has 1 N–H and O–H groups in total. The molecule has 1 heterocycles. The Balaban J connectivity index is 2.37. The van der Waals surface area contributed by atoms with Crippen LogP contribution in [-0.2, 0) is 18.3 Å². The molecule has 0 atom stereocenters. The number of methoxy groups -OCH3 is 1. The maximum Gasteiger partial charge on any atom is 0.169 e. The number of aryl methyl sites for hydroxylation is 1. The standard InChI is InChI=1S/C10H18N4OS/c1-13-6-4-11-9(13)8-14(2)10(16)12-5-7-15-3/h4,6H,5,7-8H2,1-3H3,(H,12,16). The van der Waals surface area contributed by atoms with E-state index >= 15 is 0 Å². The molecular weight excluding hydrogens is 224 g/mol. The van der Waals surface area contributed by atoms with Crippen LogP contribution in [-0.4, -0.2) is 46.9 Å². The Hall–Kier alpha value is -1.14. The van der Waals surface area contributed by atoms with E-state index in [1.807, 2.05) is 29.8 Å². The molecule has 90 valence electrons. The molecule has 16 heavy (non-hydrogen) atoms. The molecule has 0 aliphatic heterocycles. The molecule has 1 aromatic rings. The van der Waals surface area contributed by atoms with Crippen molar-refractivity contribution in [3.05, 3.63) is 18.2 Å². The van der Waals surface area contributed by atoms with Crippen molar-refractivity contribution in [2.24, 2.45) is 7.05 Å². The highest BCUT2D eigenvalue weighted by Crippen LogP contribution is 1.99. The quantitative estimate of drug-likeness (QED) is 0.597. The average molecular weight is 242 g/mol. The maximum atomic E-state index is 5.23. The molecule has 0 saturated carbocycles. The zero-order valence-corrected chi connectivity index (χ0v) is 10.8. The van der Waals surface area contributed by atoms with Gasteiger partial charge in [-0.25, -0.2) is 4.98 Å². The van der Waals surface area contributed by atoms with Crippen LogP contribution in [0.5, 0.6) is 0 Å². The molecule has 5 nitrogen and oxygen atoms in total. The third kappa shape index (κ3) is 3.79. The van der Waals surface area contributed by atoms with Crippen molar-refractivity contribution in [1.29, 1.82) is 0 Å². The highest BCUT2D eigenvalue weighted by molar-refractivity contribution is 7.80. The van der Waals surface area contributed by atoms with Gasteiger partial charge in [0, 0.05) is 40.1 Å². The monoisotopic (exact) mass is 242 g/mol. The minimum absolute atomic E-state index is 0.649. The summed E-state index contributed by atoms with van der Waals surface area (Å²) in [6.07, 6.45) is 3.70. The number of thiocarbonyl (C=S) groups is 1. The van der Waals surface area contributed by atoms with Gasteiger partial charge in [-0.05, 0) is 12.2 Å². The van der Waals surface area contributed by atoms with E-state index < -0.39 is 0 Å². The van der Waals surface area contributed by atoms with E-state index in [9.17, 15) is 0 Å². The number of nitrogens with zero attached hydrogens (tertiary/aromatic N) is 3. The lowest BCUT2D eigenvalue weighted by molar-refractivity contribution is 0.203. The van der Waals surface area contributed by atoms with Crippen LogP contribution in [0.3, 0.4) is 0 Å². The number of aromatic nitrogens is 2. The van der Waals surface area contributed by atoms with Gasteiger partial charge in [0.15, 0.2) is 5.11 Å². The Morgan fingerprint density at radius 3 is 3.00 bits per heavy atom. The van der Waals surface area contributed by atoms with Crippen LogP contribution in [0.2, 0.25) is 0 Å². The van der Waals surface area contributed by atoms with E-state index in [1.54, 1.807) is 13.3 Å². The third-order valence-corrected chi connectivity index (χ3v) is 2.68. The summed E-state index contributed by atoms with van der Waals surface area (Å²) in [6, 6.07) is 0. The van der Waals surface area contributed by atoms with Crippen LogP contribution in [0.15, 0.2) is 12.4 Å². The maximum absolute atomic E-state index is 5.23. The van der Waals surface area contributed by atoms with Gasteiger partial charge in [0.1, 0.15) is 5.82 Å². The van der Waals surface area contributed by atoms with Crippen molar-refractivity contribution < 1.29 is 4.74 Å². The van der Waals surface area contributed by atoms with Crippen molar-refractivity contribution >= 4 is 17.3 Å². The highest BCUT2D eigenvalue weighted by atomic mass is 32.1. The first-order valence-corrected chi connectivity index (χ1v) is 5.50. The van der Waals surface area contributed by atoms with Gasteiger partial charge in [-0.3, -0.25) is 0 Å². The van der Waals surface area contributed by atoms with Gasteiger partial charge < -0.3 is 19.5 Å². The zero-order valence-electron chi connectivity index (χ0n) is 9.93. The van der Waals surface area contributed by atoms with E-state index in [1.165, 1.54) is 0 Å². The highest BCUT2D eigenvalue weighted by Gasteiger charge is 2.07. The number of ether oxygens (including phenoxy) is 1. The van der Waals surface area contributed by atoms with Crippen LogP contribution in [0, 0.1) is 0 Å². The second kappa shape index (κ2) is 6.44. The summed E-state index contributed by atoms with van der Waals surface area (Å²) in [7, 11) is 5.58. The van der Waals surface area contributed by atoms with Crippen molar-refractivity contribution in [3.63, 3.8) is 0 Å². The predicted molar refractivity (Wildman–Crippen MR) is 67.2 cm³/mol. The van der Waals surface area contributed by atoms with Gasteiger partial charge in [-0.15, -0.1) is 0 Å². The molecule has 0 radical (unpaired) electrons. The summed E-state index contributed by atoms with van der Waals surface area (Å²) in [5.74, 6) is 0.985. The largest absolute Gasteiger partial charge is 0.383 e. The summed E-state index contributed by atoms with van der Waals surface area (Å²) in [4.78, 5) is 6.20. The SMILES string of the molecule is COCCNC(=S)N(C)Cc1nccn1C. The normalized spacial score (nSPS) is 10.2. The molecular formula is C10H18N4OS. The Kier molecular flexibility index (Phi) is 5.21. The zero-order chi connectivity index (χ0) is 12.0. The Morgan fingerprint density at radius 1 is 1.69 bits per heavy atom. The average Bonchev–Trinajstić information content (AvgIpc) is 2.64. The Morgan fingerprint density at radius 2 is 2.44 bits per heavy atom. The molecule has 0 aromatic carbocycles. The lowest BCUT2D eigenvalue weighted by Gasteiger charge is -2.20. The Bertz CT molecular complexity index is 339. The minimum Gasteiger partial charge on any atom is -0.383 e. The lowest BCUT2D eigenvalue weighted by atomic mass is 10.5. The molecule has 0 aliphatic carbocycles. The van der Waals surface area contributed by atoms with Gasteiger partial charge in [-0.1, -0.05) is 0 Å². The molecule has 0 saturated heterocycles. The molecule has 0 amide bonds. The first-order chi connectivity index (χ1) is 7.65. The van der Waals surface area contributed by atoms with Gasteiger partial charge >= 0.3 is 0 Å². The fraction of sp³-hybridized carbons (Fsp3) is 0.600. The summed E-state index contributed by atoms with van der Waals surface area (Å²) in [5, 5.41) is 3.82. The van der Waals surface area contributed by atoms with Gasteiger partial charge in [0.2, 0.25) is 0 Å². The summed E-state index contributed by atoms with van der Waals surface area (Å²) >= 11 is 5.23. The van der Waals surface area contributed by atoms with Crippen LogP contribution < -0.4 is 5.32 Å². The minimum atomic E-state index is 0.649. The summed E-state index contributed by atoms with van der Waals surface area (Å²) in [6.45, 7) is 2.07. The van der Waals surface area contributed by atoms with Gasteiger partial charge in [0.25, 0.3) is 0 Å². The molecule has 0 fully saturated rings. The molecule has 0 spiro atoms. The summed E-state index contributed by atoms with van der Waals surface area (Å²) in [5.41, 5.74) is 0. The number of nitrogens with one attached hydrogen (secondary N) is 1. The molecule has 6 heteroatoms. The molecule has 0 bridgehead atoms. The van der Waals surface area contributed by atoms with Gasteiger partial charge in [0.05, 0.1) is 13.2 Å². The van der Waals surface area contributed by atoms with Crippen molar-refractivity contribution in [2.45, 2.75) is 6.54 Å². The van der Waals surface area contributed by atoms with E-state index in [0.717, 1.165) is 12.4 Å². The summed E-state index contributed by atoms with van der Waals surface area (Å²) < 4.78 is 6.92. The molecule has 0 aliphatic rings. The smallest absolute Gasteiger partial charge is 0.169 e. The van der Waals surface area contributed by atoms with Crippen LogP contribution in [0.4, 0.5) is 0 Å². The van der Waals surface area contributed by atoms with E-state index in [-0.39, 0.29) is 0 Å². The van der Waals surface area contributed by atoms with E-state index in [4.69, 9.17) is 17.0 Å². The number of hydrogen-bond donors (Lipinski definition) is 1. The number of hydrogen-bond acceptors (Lipinski definition) is 3. The second-order valence-electron chi connectivity index (χ2n) is 3.54. The van der Waals surface area contributed by atoms with Gasteiger partial charge in [-0.2, -0.15) is 0 Å². The van der Waals surface area contributed by atoms with E-state index in [2.05, 4.69) is 10.3 Å². The topological polar surface area (TPSA) is 42.3 Å². The van der Waals surface area contributed by atoms with Crippen LogP contribution in [0.25, 0.3) is 0 Å². The molecule has 1 aromatic heterocycles. The number of rotatable bonds is 5. The van der Waals surface area contributed by atoms with E-state index in [0.29, 0.717) is 18.3 Å². The number of imidazole rings is 1. The molecule has 1 rings (SSSR count). The lowest BCUT2D eigenvalue weighted by Crippen LogP contribution is -2.38. The fourth-order valence-electron chi connectivity index (χ4n) is 1.23. The predicted octanol–water partition coefficient (Wildman–Crippen LogP) is 0.373. The van der Waals surface area contributed by atoms with Crippen molar-refractivity contribution in [3.8, 4) is 0 Å². The van der Waals surface area contributed by atoms with Crippen LogP contribution in [0.1, 0.15) is 5.82 Å². The first kappa shape index (κ1) is 12.9. The molecule has 0 unspecified atom stereocenters.